The van der Waals surface area contributed by atoms with Gasteiger partial charge in [-0.1, -0.05) is 0 Å². The third kappa shape index (κ3) is 1.77. The Balaban J connectivity index is 1.93. The van der Waals surface area contributed by atoms with E-state index >= 15 is 0 Å². The molecule has 0 radical (unpaired) electrons. The number of hydrogen-bond donors (Lipinski definition) is 0. The average Bonchev–Trinajstić information content (AvgIpc) is 2.27. The Labute approximate surface area is 81.3 Å². The van der Waals surface area contributed by atoms with Crippen LogP contribution in [0.15, 0.2) is 6.07 Å². The molecule has 1 fully saturated rings. The number of aryl methyl sites for hydroxylation is 2. The van der Waals surface area contributed by atoms with Crippen LogP contribution in [0.3, 0.4) is 0 Å². The summed E-state index contributed by atoms with van der Waals surface area (Å²) in [5.41, 5.74) is 1.91. The molecule has 0 unspecified atom stereocenters. The number of hydrogen-bond acceptors (Lipinski definition) is 2. The van der Waals surface area contributed by atoms with Gasteiger partial charge in [-0.2, -0.15) is 5.10 Å². The molecule has 2 rings (SSSR count). The minimum Gasteiger partial charge on any atom is -0.285 e. The zero-order valence-electron chi connectivity index (χ0n) is 8.30. The fourth-order valence-electron chi connectivity index (χ4n) is 1.66. The highest BCUT2D eigenvalue weighted by Crippen LogP contribution is 2.27. The number of rotatable bonds is 2. The van der Waals surface area contributed by atoms with Crippen molar-refractivity contribution < 1.29 is 8.78 Å². The molecule has 1 aliphatic heterocycles. The third-order valence-corrected chi connectivity index (χ3v) is 2.46. The van der Waals surface area contributed by atoms with Gasteiger partial charge in [0.05, 0.1) is 18.8 Å². The van der Waals surface area contributed by atoms with Gasteiger partial charge in [0.15, 0.2) is 0 Å². The summed E-state index contributed by atoms with van der Waals surface area (Å²) in [5, 5.41) is 4.21. The van der Waals surface area contributed by atoms with E-state index in [0.29, 0.717) is 6.54 Å². The van der Waals surface area contributed by atoms with Crippen LogP contribution >= 0.6 is 0 Å². The number of alkyl halides is 2. The maximum atomic E-state index is 12.5. The molecule has 0 amide bonds. The van der Waals surface area contributed by atoms with E-state index in [2.05, 4.69) is 5.10 Å². The van der Waals surface area contributed by atoms with Crippen LogP contribution in [0.5, 0.6) is 0 Å². The van der Waals surface area contributed by atoms with Gasteiger partial charge in [0, 0.05) is 19.3 Å². The molecular formula is C9H13F2N3. The van der Waals surface area contributed by atoms with Gasteiger partial charge < -0.3 is 0 Å². The molecule has 0 spiro atoms. The lowest BCUT2D eigenvalue weighted by atomic mass is 10.1. The summed E-state index contributed by atoms with van der Waals surface area (Å²) in [6, 6.07) is 1.93. The van der Waals surface area contributed by atoms with Gasteiger partial charge in [-0.15, -0.1) is 0 Å². The Kier molecular flexibility index (Phi) is 2.06. The average molecular weight is 201 g/mol. The zero-order valence-corrected chi connectivity index (χ0v) is 8.30. The van der Waals surface area contributed by atoms with Crippen molar-refractivity contribution in [3.8, 4) is 0 Å². The normalized spacial score (nSPS) is 20.9. The first-order chi connectivity index (χ1) is 6.46. The van der Waals surface area contributed by atoms with Crippen molar-refractivity contribution >= 4 is 0 Å². The van der Waals surface area contributed by atoms with E-state index in [1.165, 1.54) is 0 Å². The van der Waals surface area contributed by atoms with Crippen molar-refractivity contribution in [2.24, 2.45) is 7.05 Å². The first kappa shape index (κ1) is 9.58. The lowest BCUT2D eigenvalue weighted by Gasteiger charge is -2.38. The quantitative estimate of drug-likeness (QED) is 0.716. The summed E-state index contributed by atoms with van der Waals surface area (Å²) in [5.74, 6) is -2.48. The molecule has 5 heteroatoms. The molecule has 0 bridgehead atoms. The third-order valence-electron chi connectivity index (χ3n) is 2.46. The predicted molar refractivity (Wildman–Crippen MR) is 48.2 cm³/mol. The molecule has 0 aliphatic carbocycles. The fourth-order valence-corrected chi connectivity index (χ4v) is 1.66. The molecule has 1 aliphatic rings. The van der Waals surface area contributed by atoms with Crippen LogP contribution < -0.4 is 0 Å². The van der Waals surface area contributed by atoms with E-state index in [1.807, 2.05) is 20.0 Å². The molecule has 3 nitrogen and oxygen atoms in total. The molecule has 14 heavy (non-hydrogen) atoms. The molecule has 0 aromatic carbocycles. The largest absolute Gasteiger partial charge is 0.285 e. The smallest absolute Gasteiger partial charge is 0.272 e. The molecule has 0 saturated carbocycles. The maximum absolute atomic E-state index is 12.5. The lowest BCUT2D eigenvalue weighted by Crippen LogP contribution is -2.55. The van der Waals surface area contributed by atoms with E-state index in [1.54, 1.807) is 9.58 Å². The summed E-state index contributed by atoms with van der Waals surface area (Å²) in [4.78, 5) is 1.70. The predicted octanol–water partition coefficient (Wildman–Crippen LogP) is 1.18. The summed E-state index contributed by atoms with van der Waals surface area (Å²) in [7, 11) is 1.85. The van der Waals surface area contributed by atoms with Crippen molar-refractivity contribution in [1.29, 1.82) is 0 Å². The van der Waals surface area contributed by atoms with Crippen molar-refractivity contribution in [3.63, 3.8) is 0 Å². The van der Waals surface area contributed by atoms with Crippen molar-refractivity contribution in [2.75, 3.05) is 13.1 Å². The van der Waals surface area contributed by atoms with E-state index in [-0.39, 0.29) is 13.1 Å². The van der Waals surface area contributed by atoms with E-state index in [9.17, 15) is 8.78 Å². The first-order valence-electron chi connectivity index (χ1n) is 4.56. The van der Waals surface area contributed by atoms with Crippen molar-refractivity contribution in [1.82, 2.24) is 14.7 Å². The van der Waals surface area contributed by atoms with Gasteiger partial charge in [0.2, 0.25) is 0 Å². The second kappa shape index (κ2) is 3.02. The molecular weight excluding hydrogens is 188 g/mol. The molecule has 2 heterocycles. The van der Waals surface area contributed by atoms with Gasteiger partial charge in [-0.25, -0.2) is 8.78 Å². The van der Waals surface area contributed by atoms with Gasteiger partial charge in [0.1, 0.15) is 0 Å². The molecule has 0 atom stereocenters. The number of aromatic nitrogens is 2. The van der Waals surface area contributed by atoms with E-state index in [0.717, 1.165) is 11.4 Å². The van der Waals surface area contributed by atoms with Crippen LogP contribution in [0.1, 0.15) is 11.4 Å². The van der Waals surface area contributed by atoms with Crippen LogP contribution in [-0.2, 0) is 13.6 Å². The van der Waals surface area contributed by atoms with Crippen LogP contribution in [0.25, 0.3) is 0 Å². The summed E-state index contributed by atoms with van der Waals surface area (Å²) < 4.78 is 26.8. The van der Waals surface area contributed by atoms with Crippen LogP contribution in [0.4, 0.5) is 8.78 Å². The van der Waals surface area contributed by atoms with E-state index < -0.39 is 5.92 Å². The lowest BCUT2D eigenvalue weighted by molar-refractivity contribution is -0.134. The number of likely N-dealkylation sites (tertiary alicyclic amines) is 1. The highest BCUT2D eigenvalue weighted by atomic mass is 19.3. The minimum atomic E-state index is -2.48. The second-order valence-corrected chi connectivity index (χ2v) is 3.90. The van der Waals surface area contributed by atoms with Crippen LogP contribution in [0.2, 0.25) is 0 Å². The Bertz CT molecular complexity index is 318. The van der Waals surface area contributed by atoms with Gasteiger partial charge in [0.25, 0.3) is 5.92 Å². The molecule has 1 aromatic heterocycles. The highest BCUT2D eigenvalue weighted by Gasteiger charge is 2.43. The number of nitrogens with zero attached hydrogens (tertiary/aromatic N) is 3. The molecule has 1 saturated heterocycles. The topological polar surface area (TPSA) is 21.1 Å². The first-order valence-corrected chi connectivity index (χ1v) is 4.56. The second-order valence-electron chi connectivity index (χ2n) is 3.90. The monoisotopic (exact) mass is 201 g/mol. The van der Waals surface area contributed by atoms with Crippen molar-refractivity contribution in [3.05, 3.63) is 17.5 Å². The standard InChI is InChI=1S/C9H13F2N3/c1-7-3-8(12-13(7)2)4-14-5-9(10,11)6-14/h3H,4-6H2,1-2H3. The molecule has 78 valence electrons. The van der Waals surface area contributed by atoms with Gasteiger partial charge in [-0.3, -0.25) is 9.58 Å². The summed E-state index contributed by atoms with van der Waals surface area (Å²) in [6.45, 7) is 2.20. The van der Waals surface area contributed by atoms with Crippen LogP contribution in [0, 0.1) is 6.92 Å². The summed E-state index contributed by atoms with van der Waals surface area (Å²) in [6.07, 6.45) is 0. The minimum absolute atomic E-state index is 0.136. The van der Waals surface area contributed by atoms with Gasteiger partial charge >= 0.3 is 0 Å². The Hall–Kier alpha value is -0.970. The highest BCUT2D eigenvalue weighted by molar-refractivity contribution is 5.09. The Morgan fingerprint density at radius 3 is 2.57 bits per heavy atom. The van der Waals surface area contributed by atoms with E-state index in [4.69, 9.17) is 0 Å². The Morgan fingerprint density at radius 1 is 1.50 bits per heavy atom. The maximum Gasteiger partial charge on any atom is 0.272 e. The molecule has 0 N–H and O–H groups in total. The summed E-state index contributed by atoms with van der Waals surface area (Å²) >= 11 is 0. The van der Waals surface area contributed by atoms with Gasteiger partial charge in [-0.05, 0) is 13.0 Å². The zero-order chi connectivity index (χ0) is 10.3. The number of halogens is 2. The van der Waals surface area contributed by atoms with Crippen molar-refractivity contribution in [2.45, 2.75) is 19.4 Å². The molecule has 1 aromatic rings. The SMILES string of the molecule is Cc1cc(CN2CC(F)(F)C2)nn1C. The van der Waals surface area contributed by atoms with Crippen LogP contribution in [-0.4, -0.2) is 33.7 Å². The fraction of sp³-hybridized carbons (Fsp3) is 0.667. The Morgan fingerprint density at radius 2 is 2.14 bits per heavy atom.